The third-order valence-electron chi connectivity index (χ3n) is 4.61. The molecule has 1 amide bonds. The van der Waals surface area contributed by atoms with Crippen LogP contribution >= 0.6 is 0 Å². The van der Waals surface area contributed by atoms with Gasteiger partial charge >= 0.3 is 0 Å². The van der Waals surface area contributed by atoms with Crippen molar-refractivity contribution in [2.45, 2.75) is 103 Å². The summed E-state index contributed by atoms with van der Waals surface area (Å²) in [5.74, 6) is -0.480. The Kier molecular flexibility index (Phi) is 18.8. The third kappa shape index (κ3) is 17.7. The Bertz CT molecular complexity index is 319. The van der Waals surface area contributed by atoms with E-state index in [9.17, 15) is 4.79 Å². The molecule has 0 saturated carbocycles. The second-order valence-corrected chi connectivity index (χ2v) is 7.03. The number of hydrogen-bond acceptors (Lipinski definition) is 3. The molecule has 0 fully saturated rings. The summed E-state index contributed by atoms with van der Waals surface area (Å²) in [7, 11) is 0. The van der Waals surface area contributed by atoms with Gasteiger partial charge in [-0.3, -0.25) is 4.79 Å². The second kappa shape index (κ2) is 19.5. The zero-order chi connectivity index (χ0) is 18.6. The lowest BCUT2D eigenvalue weighted by Gasteiger charge is -2.11. The van der Waals surface area contributed by atoms with Crippen molar-refractivity contribution in [1.29, 1.82) is 0 Å². The lowest BCUT2D eigenvalue weighted by atomic mass is 10.1. The van der Waals surface area contributed by atoms with Crippen LogP contribution in [-0.4, -0.2) is 30.2 Å². The molecule has 0 bridgehead atoms. The maximum atomic E-state index is 10.9. The fourth-order valence-corrected chi connectivity index (χ4v) is 2.90. The molecule has 0 spiro atoms. The lowest BCUT2D eigenvalue weighted by molar-refractivity contribution is -0.120. The summed E-state index contributed by atoms with van der Waals surface area (Å²) in [6.45, 7) is 2.79. The molecule has 0 aliphatic carbocycles. The van der Waals surface area contributed by atoms with Crippen molar-refractivity contribution in [2.24, 2.45) is 5.73 Å². The fraction of sp³-hybridized carbons (Fsp3) is 0.857. The van der Waals surface area contributed by atoms with Crippen LogP contribution in [0.25, 0.3) is 0 Å². The number of hydrogen-bond donors (Lipinski definition) is 3. The van der Waals surface area contributed by atoms with E-state index in [1.807, 2.05) is 0 Å². The van der Waals surface area contributed by atoms with Crippen molar-refractivity contribution < 1.29 is 9.90 Å². The van der Waals surface area contributed by atoms with Gasteiger partial charge in [0.05, 0.1) is 6.61 Å². The molecule has 4 heteroatoms. The molecule has 25 heavy (non-hydrogen) atoms. The SMILES string of the molecule is CCCCCCCC/C=C\CCCCCCCCN[C@@H](CO)C(N)=O. The molecule has 0 radical (unpaired) electrons. The monoisotopic (exact) mass is 354 g/mol. The fourth-order valence-electron chi connectivity index (χ4n) is 2.90. The van der Waals surface area contributed by atoms with Crippen LogP contribution in [-0.2, 0) is 4.79 Å². The maximum Gasteiger partial charge on any atom is 0.236 e. The van der Waals surface area contributed by atoms with E-state index in [-0.39, 0.29) is 6.61 Å². The van der Waals surface area contributed by atoms with Gasteiger partial charge in [0, 0.05) is 0 Å². The van der Waals surface area contributed by atoms with Crippen molar-refractivity contribution in [1.82, 2.24) is 5.32 Å². The minimum absolute atomic E-state index is 0.221. The summed E-state index contributed by atoms with van der Waals surface area (Å²) in [5.41, 5.74) is 5.15. The molecule has 1 atom stereocenters. The molecular formula is C21H42N2O2. The Balaban J connectivity index is 3.20. The molecule has 4 N–H and O–H groups in total. The first-order valence-corrected chi connectivity index (χ1v) is 10.5. The number of allylic oxidation sites excluding steroid dienone is 2. The van der Waals surface area contributed by atoms with Crippen LogP contribution < -0.4 is 11.1 Å². The smallest absolute Gasteiger partial charge is 0.236 e. The average Bonchev–Trinajstić information content (AvgIpc) is 2.60. The van der Waals surface area contributed by atoms with Gasteiger partial charge in [0.25, 0.3) is 0 Å². The number of amides is 1. The lowest BCUT2D eigenvalue weighted by Crippen LogP contribution is -2.44. The largest absolute Gasteiger partial charge is 0.394 e. The normalized spacial score (nSPS) is 12.7. The van der Waals surface area contributed by atoms with E-state index in [1.165, 1.54) is 77.0 Å². The van der Waals surface area contributed by atoms with Gasteiger partial charge in [0.1, 0.15) is 6.04 Å². The summed E-state index contributed by atoms with van der Waals surface area (Å²) in [5, 5.41) is 11.9. The van der Waals surface area contributed by atoms with Crippen LogP contribution in [0.5, 0.6) is 0 Å². The highest BCUT2D eigenvalue weighted by molar-refractivity contribution is 5.79. The third-order valence-corrected chi connectivity index (χ3v) is 4.61. The minimum atomic E-state index is -0.594. The van der Waals surface area contributed by atoms with Crippen LogP contribution in [0.2, 0.25) is 0 Å². The van der Waals surface area contributed by atoms with E-state index in [1.54, 1.807) is 0 Å². The van der Waals surface area contributed by atoms with E-state index in [2.05, 4.69) is 24.4 Å². The Labute approximate surface area is 155 Å². The summed E-state index contributed by atoms with van der Waals surface area (Å²) in [4.78, 5) is 10.9. The summed E-state index contributed by atoms with van der Waals surface area (Å²) >= 11 is 0. The van der Waals surface area contributed by atoms with Crippen molar-refractivity contribution >= 4 is 5.91 Å². The predicted molar refractivity (Wildman–Crippen MR) is 108 cm³/mol. The van der Waals surface area contributed by atoms with Crippen LogP contribution in [0.4, 0.5) is 0 Å². The summed E-state index contributed by atoms with van der Waals surface area (Å²) < 4.78 is 0. The molecule has 0 saturated heterocycles. The van der Waals surface area contributed by atoms with Gasteiger partial charge in [-0.05, 0) is 38.6 Å². The van der Waals surface area contributed by atoms with Gasteiger partial charge in [-0.25, -0.2) is 0 Å². The van der Waals surface area contributed by atoms with E-state index in [4.69, 9.17) is 10.8 Å². The standard InChI is InChI=1S/C21H42N2O2/c1-2-3-4-5-6-7-8-9-10-11-12-13-14-15-16-17-18-23-20(19-24)21(22)25/h9-10,20,23-24H,2-8,11-19H2,1H3,(H2,22,25)/b10-9-/t20-/m0/s1. The summed E-state index contributed by atoms with van der Waals surface area (Å²) in [6.07, 6.45) is 22.8. The highest BCUT2D eigenvalue weighted by Gasteiger charge is 2.11. The van der Waals surface area contributed by atoms with Gasteiger partial charge in [0.15, 0.2) is 0 Å². The van der Waals surface area contributed by atoms with Gasteiger partial charge in [-0.1, -0.05) is 76.9 Å². The van der Waals surface area contributed by atoms with Crippen molar-refractivity contribution in [3.8, 4) is 0 Å². The van der Waals surface area contributed by atoms with Crippen molar-refractivity contribution in [3.63, 3.8) is 0 Å². The number of rotatable bonds is 19. The number of aliphatic hydroxyl groups excluding tert-OH is 1. The molecule has 0 aliphatic heterocycles. The number of nitrogens with two attached hydrogens (primary N) is 1. The van der Waals surface area contributed by atoms with Crippen LogP contribution in [0.15, 0.2) is 12.2 Å². The van der Waals surface area contributed by atoms with Crippen LogP contribution in [0.3, 0.4) is 0 Å². The van der Waals surface area contributed by atoms with E-state index < -0.39 is 11.9 Å². The quantitative estimate of drug-likeness (QED) is 0.237. The zero-order valence-electron chi connectivity index (χ0n) is 16.5. The molecular weight excluding hydrogens is 312 g/mol. The Hall–Kier alpha value is -0.870. The van der Waals surface area contributed by atoms with Gasteiger partial charge in [-0.15, -0.1) is 0 Å². The van der Waals surface area contributed by atoms with Gasteiger partial charge in [-0.2, -0.15) is 0 Å². The van der Waals surface area contributed by atoms with Gasteiger partial charge < -0.3 is 16.2 Å². The van der Waals surface area contributed by atoms with Crippen molar-refractivity contribution in [2.75, 3.05) is 13.2 Å². The number of unbranched alkanes of at least 4 members (excludes halogenated alkanes) is 12. The minimum Gasteiger partial charge on any atom is -0.394 e. The van der Waals surface area contributed by atoms with E-state index in [0.717, 1.165) is 19.4 Å². The Morgan fingerprint density at radius 3 is 1.84 bits per heavy atom. The highest BCUT2D eigenvalue weighted by Crippen LogP contribution is 2.09. The molecule has 148 valence electrons. The highest BCUT2D eigenvalue weighted by atomic mass is 16.3. The van der Waals surface area contributed by atoms with Gasteiger partial charge in [0.2, 0.25) is 5.91 Å². The second-order valence-electron chi connectivity index (χ2n) is 7.03. The number of carbonyl (C=O) groups is 1. The number of nitrogens with one attached hydrogen (secondary N) is 1. The molecule has 0 rings (SSSR count). The van der Waals surface area contributed by atoms with Crippen LogP contribution in [0, 0.1) is 0 Å². The summed E-state index contributed by atoms with van der Waals surface area (Å²) in [6, 6.07) is -0.594. The molecule has 4 nitrogen and oxygen atoms in total. The zero-order valence-corrected chi connectivity index (χ0v) is 16.5. The average molecular weight is 355 g/mol. The van der Waals surface area contributed by atoms with E-state index >= 15 is 0 Å². The van der Waals surface area contributed by atoms with Crippen molar-refractivity contribution in [3.05, 3.63) is 12.2 Å². The molecule has 0 aromatic heterocycles. The van der Waals surface area contributed by atoms with Crippen LogP contribution in [0.1, 0.15) is 96.8 Å². The molecule has 0 aromatic carbocycles. The first kappa shape index (κ1) is 24.1. The number of aliphatic hydroxyl groups is 1. The Morgan fingerprint density at radius 2 is 1.36 bits per heavy atom. The first-order valence-electron chi connectivity index (χ1n) is 10.5. The topological polar surface area (TPSA) is 75.3 Å². The predicted octanol–water partition coefficient (Wildman–Crippen LogP) is 4.46. The van der Waals surface area contributed by atoms with E-state index in [0.29, 0.717) is 0 Å². The molecule has 0 unspecified atom stereocenters. The number of carbonyl (C=O) groups excluding carboxylic acids is 1. The molecule has 0 heterocycles. The molecule has 0 aromatic rings. The Morgan fingerprint density at radius 1 is 0.880 bits per heavy atom. The molecule has 0 aliphatic rings. The number of primary amides is 1. The maximum absolute atomic E-state index is 10.9. The first-order chi connectivity index (χ1) is 12.2.